The summed E-state index contributed by atoms with van der Waals surface area (Å²) in [7, 11) is 1.43. The number of hydrogen-bond acceptors (Lipinski definition) is 2. The second-order valence-corrected chi connectivity index (χ2v) is 5.13. The molecule has 2 heteroatoms. The average molecular weight is 264 g/mol. The van der Waals surface area contributed by atoms with Crippen LogP contribution in [0.1, 0.15) is 23.6 Å². The normalized spacial score (nSPS) is 20.2. The van der Waals surface area contributed by atoms with Gasteiger partial charge in [-0.15, -0.1) is 0 Å². The van der Waals surface area contributed by atoms with Crippen LogP contribution in [-0.2, 0) is 14.9 Å². The van der Waals surface area contributed by atoms with Crippen molar-refractivity contribution < 1.29 is 9.53 Å². The molecule has 0 radical (unpaired) electrons. The van der Waals surface area contributed by atoms with Gasteiger partial charge in [-0.05, 0) is 29.7 Å². The lowest BCUT2D eigenvalue weighted by Crippen LogP contribution is -2.28. The first-order valence-corrected chi connectivity index (χ1v) is 6.63. The zero-order chi connectivity index (χ0) is 14.2. The fraction of sp³-hybridized carbons (Fsp3) is 0.167. The molecule has 0 unspecified atom stereocenters. The Morgan fingerprint density at radius 3 is 2.35 bits per heavy atom. The fourth-order valence-corrected chi connectivity index (χ4v) is 2.98. The molecule has 2 nitrogen and oxygen atoms in total. The lowest BCUT2D eigenvalue weighted by molar-refractivity contribution is -0.136. The van der Waals surface area contributed by atoms with Crippen LogP contribution in [-0.4, -0.2) is 13.1 Å². The number of esters is 1. The zero-order valence-corrected chi connectivity index (χ0v) is 11.6. The lowest BCUT2D eigenvalue weighted by atomic mass is 9.73. The van der Waals surface area contributed by atoms with Gasteiger partial charge in [0.25, 0.3) is 0 Å². The van der Waals surface area contributed by atoms with E-state index in [0.717, 1.165) is 16.7 Å². The second-order valence-electron chi connectivity index (χ2n) is 5.13. The van der Waals surface area contributed by atoms with Crippen molar-refractivity contribution in [3.05, 3.63) is 76.9 Å². The van der Waals surface area contributed by atoms with Gasteiger partial charge in [-0.2, -0.15) is 0 Å². The molecule has 0 N–H and O–H groups in total. The summed E-state index contributed by atoms with van der Waals surface area (Å²) in [5.41, 5.74) is 3.56. The molecule has 0 bridgehead atoms. The van der Waals surface area contributed by atoms with Gasteiger partial charge in [-0.3, -0.25) is 0 Å². The summed E-state index contributed by atoms with van der Waals surface area (Å²) in [6.07, 6.45) is 1.94. The topological polar surface area (TPSA) is 26.3 Å². The van der Waals surface area contributed by atoms with E-state index in [1.54, 1.807) is 0 Å². The first kappa shape index (κ1) is 12.7. The van der Waals surface area contributed by atoms with E-state index in [1.807, 2.05) is 42.5 Å². The summed E-state index contributed by atoms with van der Waals surface area (Å²) in [5, 5.41) is 0. The standard InChI is InChI=1S/C18H16O2/c1-18(14-9-4-3-5-10-14)15-11-7-6-8-13(15)12-16(18)17(19)20-2/h3-12H,1-2H3/t18-/m0/s1. The molecule has 0 saturated carbocycles. The zero-order valence-electron chi connectivity index (χ0n) is 11.6. The van der Waals surface area contributed by atoms with E-state index in [4.69, 9.17) is 4.74 Å². The highest BCUT2D eigenvalue weighted by atomic mass is 16.5. The van der Waals surface area contributed by atoms with E-state index >= 15 is 0 Å². The molecule has 1 aliphatic rings. The molecule has 2 aromatic carbocycles. The Balaban J connectivity index is 2.25. The summed E-state index contributed by atoms with van der Waals surface area (Å²) < 4.78 is 4.98. The Hall–Kier alpha value is -2.35. The predicted octanol–water partition coefficient (Wildman–Crippen LogP) is 3.56. The molecule has 1 atom stereocenters. The van der Waals surface area contributed by atoms with Crippen LogP contribution in [0.4, 0.5) is 0 Å². The van der Waals surface area contributed by atoms with Crippen LogP contribution < -0.4 is 0 Å². The van der Waals surface area contributed by atoms with Crippen molar-refractivity contribution in [3.63, 3.8) is 0 Å². The van der Waals surface area contributed by atoms with Crippen molar-refractivity contribution in [1.29, 1.82) is 0 Å². The highest BCUT2D eigenvalue weighted by Gasteiger charge is 2.42. The van der Waals surface area contributed by atoms with Gasteiger partial charge in [-0.1, -0.05) is 54.6 Å². The molecule has 3 rings (SSSR count). The average Bonchev–Trinajstić information content (AvgIpc) is 2.82. The summed E-state index contributed by atoms with van der Waals surface area (Å²) in [5.74, 6) is -0.271. The minimum Gasteiger partial charge on any atom is -0.466 e. The van der Waals surface area contributed by atoms with Crippen molar-refractivity contribution in [1.82, 2.24) is 0 Å². The molecular weight excluding hydrogens is 248 g/mol. The highest BCUT2D eigenvalue weighted by Crippen LogP contribution is 2.46. The second kappa shape index (κ2) is 4.64. The van der Waals surface area contributed by atoms with Crippen LogP contribution in [0.5, 0.6) is 0 Å². The van der Waals surface area contributed by atoms with Gasteiger partial charge < -0.3 is 4.74 Å². The number of carbonyl (C=O) groups excluding carboxylic acids is 1. The maximum Gasteiger partial charge on any atom is 0.335 e. The van der Waals surface area contributed by atoms with E-state index in [1.165, 1.54) is 7.11 Å². The van der Waals surface area contributed by atoms with Crippen molar-refractivity contribution >= 4 is 12.0 Å². The maximum atomic E-state index is 12.2. The van der Waals surface area contributed by atoms with E-state index in [2.05, 4.69) is 25.1 Å². The minimum atomic E-state index is -0.453. The van der Waals surface area contributed by atoms with E-state index < -0.39 is 5.41 Å². The SMILES string of the molecule is COC(=O)C1=Cc2ccccc2[C@]1(C)c1ccccc1. The van der Waals surface area contributed by atoms with Crippen LogP contribution in [0, 0.1) is 0 Å². The van der Waals surface area contributed by atoms with Crippen molar-refractivity contribution in [2.75, 3.05) is 7.11 Å². The largest absolute Gasteiger partial charge is 0.466 e. The molecule has 0 aromatic heterocycles. The van der Waals surface area contributed by atoms with Gasteiger partial charge in [-0.25, -0.2) is 4.79 Å². The first-order valence-electron chi connectivity index (χ1n) is 6.63. The third kappa shape index (κ3) is 1.68. The van der Waals surface area contributed by atoms with E-state index in [9.17, 15) is 4.79 Å². The van der Waals surface area contributed by atoms with Gasteiger partial charge in [0.2, 0.25) is 0 Å². The molecule has 0 spiro atoms. The summed E-state index contributed by atoms with van der Waals surface area (Å²) in [4.78, 5) is 12.2. The molecule has 100 valence electrons. The lowest BCUT2D eigenvalue weighted by Gasteiger charge is -2.29. The summed E-state index contributed by atoms with van der Waals surface area (Å²) in [6, 6.07) is 18.2. The van der Waals surface area contributed by atoms with Crippen LogP contribution >= 0.6 is 0 Å². The number of carbonyl (C=O) groups is 1. The Morgan fingerprint density at radius 1 is 1.00 bits per heavy atom. The minimum absolute atomic E-state index is 0.271. The van der Waals surface area contributed by atoms with Crippen molar-refractivity contribution in [3.8, 4) is 0 Å². The molecule has 20 heavy (non-hydrogen) atoms. The number of benzene rings is 2. The van der Waals surface area contributed by atoms with Crippen LogP contribution in [0.2, 0.25) is 0 Å². The van der Waals surface area contributed by atoms with Crippen molar-refractivity contribution in [2.24, 2.45) is 0 Å². The van der Waals surface area contributed by atoms with Crippen molar-refractivity contribution in [2.45, 2.75) is 12.3 Å². The van der Waals surface area contributed by atoms with Gasteiger partial charge >= 0.3 is 5.97 Å². The molecule has 2 aromatic rings. The highest BCUT2D eigenvalue weighted by molar-refractivity contribution is 6.00. The van der Waals surface area contributed by atoms with E-state index in [-0.39, 0.29) is 5.97 Å². The van der Waals surface area contributed by atoms with Crippen LogP contribution in [0.15, 0.2) is 60.2 Å². The van der Waals surface area contributed by atoms with Gasteiger partial charge in [0.1, 0.15) is 0 Å². The monoisotopic (exact) mass is 264 g/mol. The molecule has 0 saturated heterocycles. The summed E-state index contributed by atoms with van der Waals surface area (Å²) in [6.45, 7) is 2.08. The van der Waals surface area contributed by atoms with E-state index in [0.29, 0.717) is 5.57 Å². The third-order valence-electron chi connectivity index (χ3n) is 4.09. The molecule has 0 amide bonds. The maximum absolute atomic E-state index is 12.2. The molecule has 0 heterocycles. The number of fused-ring (bicyclic) bond motifs is 1. The number of ether oxygens (including phenoxy) is 1. The van der Waals surface area contributed by atoms with Gasteiger partial charge in [0.15, 0.2) is 0 Å². The Kier molecular flexibility index (Phi) is 2.94. The van der Waals surface area contributed by atoms with Crippen LogP contribution in [0.25, 0.3) is 6.08 Å². The fourth-order valence-electron chi connectivity index (χ4n) is 2.98. The third-order valence-corrected chi connectivity index (χ3v) is 4.09. The molecular formula is C18H16O2. The Bertz CT molecular complexity index is 686. The predicted molar refractivity (Wildman–Crippen MR) is 79.3 cm³/mol. The Morgan fingerprint density at radius 2 is 1.65 bits per heavy atom. The number of hydrogen-bond donors (Lipinski definition) is 0. The quantitative estimate of drug-likeness (QED) is 0.775. The van der Waals surface area contributed by atoms with Gasteiger partial charge in [0, 0.05) is 0 Å². The first-order chi connectivity index (χ1) is 9.67. The van der Waals surface area contributed by atoms with Crippen LogP contribution in [0.3, 0.4) is 0 Å². The molecule has 0 aliphatic heterocycles. The molecule has 0 fully saturated rings. The van der Waals surface area contributed by atoms with Gasteiger partial charge in [0.05, 0.1) is 18.1 Å². The number of methoxy groups -OCH3 is 1. The smallest absolute Gasteiger partial charge is 0.335 e. The number of rotatable bonds is 2. The Labute approximate surface area is 118 Å². The molecule has 1 aliphatic carbocycles. The summed E-state index contributed by atoms with van der Waals surface area (Å²) >= 11 is 0.